The van der Waals surface area contributed by atoms with Crippen LogP contribution in [0.3, 0.4) is 0 Å². The van der Waals surface area contributed by atoms with Crippen molar-refractivity contribution in [3.63, 3.8) is 0 Å². The molecule has 0 bridgehead atoms. The number of carboxylic acids is 2. The van der Waals surface area contributed by atoms with Crippen molar-refractivity contribution in [2.24, 2.45) is 17.0 Å². The van der Waals surface area contributed by atoms with Gasteiger partial charge in [0.05, 0.1) is 144 Å². The Bertz CT molecular complexity index is 2350. The molecule has 0 saturated heterocycles. The number of hydrogen-bond donors (Lipinski definition) is 13. The highest BCUT2D eigenvalue weighted by atomic mass is 31.2. The van der Waals surface area contributed by atoms with Crippen LogP contribution in [0.15, 0.2) is 11.3 Å². The zero-order valence-electron chi connectivity index (χ0n) is 50.7. The first kappa shape index (κ1) is 88.3. The largest absolute Gasteiger partial charge is 0.481 e. The molecule has 0 spiro atoms. The second-order valence-corrected chi connectivity index (χ2v) is 27.0. The number of aliphatic hydroxyl groups is 2. The minimum absolute atomic E-state index is 0.0212. The Morgan fingerprint density at radius 1 is 0.600 bits per heavy atom. The van der Waals surface area contributed by atoms with E-state index in [9.17, 15) is 47.7 Å². The lowest BCUT2D eigenvalue weighted by molar-refractivity contribution is -0.143. The molecule has 0 aliphatic heterocycles. The van der Waals surface area contributed by atoms with Crippen LogP contribution >= 0.6 is 30.4 Å². The van der Waals surface area contributed by atoms with E-state index in [-0.39, 0.29) is 110 Å². The van der Waals surface area contributed by atoms with Crippen molar-refractivity contribution in [1.82, 2.24) is 20.3 Å². The monoisotopic (exact) mass is 1380 g/mol. The molecule has 1 aromatic heterocycles. The summed E-state index contributed by atoms with van der Waals surface area (Å²) in [5.41, 5.74) is 8.55. The molecule has 1 aromatic rings. The number of aromatic nitrogens is 3. The molecular formula is C49H93N7O30P4. The molecule has 0 aliphatic carbocycles. The highest BCUT2D eigenvalue weighted by molar-refractivity contribution is 7.72. The lowest BCUT2D eigenvalue weighted by Crippen LogP contribution is -2.31. The Kier molecular flexibility index (Phi) is 50.6. The zero-order valence-corrected chi connectivity index (χ0v) is 54.3. The molecule has 2 unspecified atom stereocenters. The predicted molar refractivity (Wildman–Crippen MR) is 315 cm³/mol. The second kappa shape index (κ2) is 51.6. The maximum absolute atomic E-state index is 11.8. The summed E-state index contributed by atoms with van der Waals surface area (Å²) in [6.07, 6.45) is 6.87. The Morgan fingerprint density at radius 3 is 1.39 bits per heavy atom. The van der Waals surface area contributed by atoms with Crippen LogP contribution in [-0.2, 0) is 98.0 Å². The minimum atomic E-state index is -5.52. The second-order valence-electron chi connectivity index (χ2n) is 19.0. The first-order valence-electron chi connectivity index (χ1n) is 28.4. The van der Waals surface area contributed by atoms with Crippen molar-refractivity contribution in [3.05, 3.63) is 22.3 Å². The van der Waals surface area contributed by atoms with Gasteiger partial charge in [-0.2, -0.15) is 0 Å². The zero-order chi connectivity index (χ0) is 68.4. The number of hydrogen-bond acceptors (Lipinski definition) is 23. The van der Waals surface area contributed by atoms with Crippen LogP contribution < -0.4 is 5.32 Å². The number of Topliss-reactive ketones (excluding diaryl/α,β-unsaturated/α-hetero) is 1. The van der Waals surface area contributed by atoms with Crippen molar-refractivity contribution >= 4 is 54.0 Å². The van der Waals surface area contributed by atoms with E-state index in [1.54, 1.807) is 17.8 Å². The summed E-state index contributed by atoms with van der Waals surface area (Å²) in [6, 6.07) is 0. The number of unbranched alkanes of at least 4 members (excludes halogenated alkanes) is 1. The predicted octanol–water partition coefficient (Wildman–Crippen LogP) is 1.67. The molecule has 41 heteroatoms. The summed E-state index contributed by atoms with van der Waals surface area (Å²) in [5.74, 6) is -0.689. The molecule has 1 rings (SSSR count). The molecule has 90 heavy (non-hydrogen) atoms. The van der Waals surface area contributed by atoms with Gasteiger partial charge in [-0.3, -0.25) is 42.1 Å². The van der Waals surface area contributed by atoms with Crippen LogP contribution in [0.1, 0.15) is 96.6 Å². The Labute approximate surface area is 521 Å². The molecule has 0 aromatic carbocycles. The number of aryl methyl sites for hydroxylation is 1. The highest BCUT2D eigenvalue weighted by Crippen LogP contribution is 2.70. The fourth-order valence-corrected chi connectivity index (χ4v) is 11.4. The maximum Gasteiger partial charge on any atom is 0.369 e. The third-order valence-electron chi connectivity index (χ3n) is 12.1. The number of terminal acetylenes is 1. The molecule has 524 valence electrons. The Morgan fingerprint density at radius 2 is 0.989 bits per heavy atom. The Balaban J connectivity index is 0. The third kappa shape index (κ3) is 43.2. The van der Waals surface area contributed by atoms with Gasteiger partial charge in [0, 0.05) is 50.2 Å². The summed E-state index contributed by atoms with van der Waals surface area (Å²) in [7, 11) is -22.0. The number of ketones is 1. The van der Waals surface area contributed by atoms with Crippen molar-refractivity contribution in [2.75, 3.05) is 139 Å². The van der Waals surface area contributed by atoms with Gasteiger partial charge in [0.15, 0.2) is 0 Å². The standard InChI is InChI=1S/C24H46N4O15P2.C19H36O13P2.C6H11N3O2/c1-2-20(23(30)31)4-8-28-18-21(26-27-28)19-43-17-16-42-15-14-41-13-12-40-11-10-39-9-5-22(29)25-7-3-6-24(32,44(33,34)35)45(36,37)38;1-2-8-28-10-12-30-14-16-32-17-15-31-13-11-29-9-6-18(20)5-3-4-7-19(21,33(22,23)24)34(25,26)27;1-2-5(6(10)11)3-4-8-9-7/h18,20,32H,2-17,19H2,1H3,(H,25,29)(H,30,31)(H2,33,34,35)(H2,36,37,38);1,21H,3-17H2,(H2,22,23,24)(H2,25,26,27);5H,2-4H2,1H3,(H,10,11). The molecule has 37 nitrogen and oxygen atoms in total. The fourth-order valence-electron chi connectivity index (χ4n) is 6.86. The molecule has 0 radical (unpaired) electrons. The highest BCUT2D eigenvalue weighted by Gasteiger charge is 2.59. The van der Waals surface area contributed by atoms with E-state index in [0.717, 1.165) is 0 Å². The number of nitrogens with zero attached hydrogens (tertiary/aromatic N) is 6. The molecule has 2 atom stereocenters. The van der Waals surface area contributed by atoms with E-state index < -0.39 is 77.2 Å². The average Bonchev–Trinajstić information content (AvgIpc) is 0.900. The van der Waals surface area contributed by atoms with Crippen LogP contribution in [0.25, 0.3) is 10.4 Å². The summed E-state index contributed by atoms with van der Waals surface area (Å²) in [5, 5.41) is 43.9. The van der Waals surface area contributed by atoms with Crippen LogP contribution in [0.5, 0.6) is 0 Å². The molecule has 1 heterocycles. The van der Waals surface area contributed by atoms with Crippen molar-refractivity contribution < 1.29 is 144 Å². The molecule has 1 amide bonds. The van der Waals surface area contributed by atoms with Crippen LogP contribution in [0.4, 0.5) is 0 Å². The van der Waals surface area contributed by atoms with Gasteiger partial charge in [-0.05, 0) is 56.9 Å². The van der Waals surface area contributed by atoms with Gasteiger partial charge in [-0.15, -0.1) is 11.5 Å². The molecular weight excluding hydrogens is 1290 g/mol. The summed E-state index contributed by atoms with van der Waals surface area (Å²) in [6.45, 7) is 10.8. The number of carboxylic acid groups (broad SMARTS) is 2. The lowest BCUT2D eigenvalue weighted by atomic mass is 10.0. The quantitative estimate of drug-likeness (QED) is 0.0110. The van der Waals surface area contributed by atoms with Crippen LogP contribution in [-0.4, -0.2) is 247 Å². The van der Waals surface area contributed by atoms with E-state index in [4.69, 9.17) is 109 Å². The number of nitrogens with one attached hydrogen (secondary N) is 1. The maximum atomic E-state index is 11.8. The normalized spacial score (nSPS) is 12.8. The van der Waals surface area contributed by atoms with Gasteiger partial charge in [0.1, 0.15) is 18.1 Å². The van der Waals surface area contributed by atoms with E-state index >= 15 is 0 Å². The number of carbonyl (C=O) groups excluding carboxylic acids is 2. The molecule has 13 N–H and O–H groups in total. The molecule has 0 saturated carbocycles. The van der Waals surface area contributed by atoms with Crippen molar-refractivity contribution in [2.45, 2.75) is 114 Å². The number of carbonyl (C=O) groups is 4. The summed E-state index contributed by atoms with van der Waals surface area (Å²) < 4.78 is 99.8. The van der Waals surface area contributed by atoms with E-state index in [1.807, 2.05) is 6.92 Å². The number of ether oxygens (including phenoxy) is 10. The van der Waals surface area contributed by atoms with Crippen molar-refractivity contribution in [1.29, 1.82) is 0 Å². The van der Waals surface area contributed by atoms with Gasteiger partial charge >= 0.3 is 42.3 Å². The first-order chi connectivity index (χ1) is 42.4. The van der Waals surface area contributed by atoms with Gasteiger partial charge < -0.3 is 112 Å². The molecule has 0 fully saturated rings. The summed E-state index contributed by atoms with van der Waals surface area (Å²) in [4.78, 5) is 120. The van der Waals surface area contributed by atoms with Crippen LogP contribution in [0, 0.1) is 24.2 Å². The van der Waals surface area contributed by atoms with Crippen molar-refractivity contribution in [3.8, 4) is 12.3 Å². The topological polar surface area (TPSA) is 563 Å². The average molecular weight is 1380 g/mol. The minimum Gasteiger partial charge on any atom is -0.481 e. The Hall–Kier alpha value is -3.79. The number of aliphatic carboxylic acids is 2. The SMILES string of the molecule is C#CCOCCOCCOCCOCCOCCC(=O)CCCCC(O)(P(=O)(O)O)P(=O)(O)O.CCC(CCN=[N+]=[N-])C(=O)O.CCC(CCn1cc(COCCOCCOCCOCCOCCC(=O)NCCCC(O)(P(=O)(O)O)P(=O)(O)O)nn1)C(=O)O. The number of rotatable bonds is 56. The lowest BCUT2D eigenvalue weighted by Gasteiger charge is -2.29. The van der Waals surface area contributed by atoms with Gasteiger partial charge in [-0.1, -0.05) is 30.1 Å². The van der Waals surface area contributed by atoms with Gasteiger partial charge in [0.25, 0.3) is 10.2 Å². The number of azide groups is 1. The van der Waals surface area contributed by atoms with E-state index in [0.29, 0.717) is 124 Å². The fraction of sp³-hybridized carbons (Fsp3) is 0.837. The smallest absolute Gasteiger partial charge is 0.369 e. The summed E-state index contributed by atoms with van der Waals surface area (Å²) >= 11 is 0. The third-order valence-corrected chi connectivity index (χ3v) is 19.9. The number of amides is 1. The van der Waals surface area contributed by atoms with Gasteiger partial charge in [0.2, 0.25) is 5.91 Å². The van der Waals surface area contributed by atoms with Gasteiger partial charge in [-0.25, -0.2) is 0 Å². The molecule has 0 aliphatic rings. The van der Waals surface area contributed by atoms with E-state index in [1.165, 1.54) is 0 Å². The first-order valence-corrected chi connectivity index (χ1v) is 34.9. The van der Waals surface area contributed by atoms with E-state index in [2.05, 4.69) is 31.6 Å². The van der Waals surface area contributed by atoms with Crippen LogP contribution in [0.2, 0.25) is 0 Å².